The van der Waals surface area contributed by atoms with Gasteiger partial charge in [0.25, 0.3) is 0 Å². The lowest BCUT2D eigenvalue weighted by Crippen LogP contribution is -2.44. The molecule has 9 heteroatoms. The first-order valence-corrected chi connectivity index (χ1v) is 10.5. The Kier molecular flexibility index (Phi) is 4.36. The maximum atomic E-state index is 13.7. The third kappa shape index (κ3) is 3.18. The van der Waals surface area contributed by atoms with Crippen LogP contribution in [0.4, 0.5) is 10.2 Å². The molecule has 0 saturated carbocycles. The summed E-state index contributed by atoms with van der Waals surface area (Å²) in [5.74, 6) is 1.20. The number of fused-ring (bicyclic) bond motifs is 2. The second-order valence-electron chi connectivity index (χ2n) is 8.13. The lowest BCUT2D eigenvalue weighted by atomic mass is 10.0. The molecule has 2 N–H and O–H groups in total. The number of nitrogens with one attached hydrogen (secondary N) is 2. The first-order valence-electron chi connectivity index (χ1n) is 10.5. The highest BCUT2D eigenvalue weighted by atomic mass is 19.1. The van der Waals surface area contributed by atoms with Crippen LogP contribution in [0.2, 0.25) is 0 Å². The molecule has 0 bridgehead atoms. The molecule has 1 aromatic carbocycles. The number of H-pyrrole nitrogens is 2. The zero-order valence-corrected chi connectivity index (χ0v) is 17.5. The van der Waals surface area contributed by atoms with Gasteiger partial charge in [-0.05, 0) is 36.9 Å². The van der Waals surface area contributed by atoms with E-state index in [1.165, 1.54) is 12.3 Å². The van der Waals surface area contributed by atoms with Gasteiger partial charge in [0, 0.05) is 49.5 Å². The van der Waals surface area contributed by atoms with Crippen LogP contribution in [-0.2, 0) is 0 Å². The van der Waals surface area contributed by atoms with Gasteiger partial charge in [0.1, 0.15) is 17.0 Å². The maximum Gasteiger partial charge on any atom is 0.159 e. The van der Waals surface area contributed by atoms with Crippen molar-refractivity contribution in [1.29, 1.82) is 0 Å². The van der Waals surface area contributed by atoms with Crippen LogP contribution in [0.5, 0.6) is 0 Å². The molecule has 1 fully saturated rings. The Morgan fingerprint density at radius 3 is 2.69 bits per heavy atom. The van der Waals surface area contributed by atoms with Crippen LogP contribution in [0.25, 0.3) is 44.6 Å². The lowest BCUT2D eigenvalue weighted by molar-refractivity contribution is 0.312. The SMILES string of the molecule is CN1CCN(c2nccc3[nH]c(-c4n[nH]c5ccc(-c6cncc(F)c6)cc45)nc23)CC1. The van der Waals surface area contributed by atoms with Crippen LogP contribution in [0.15, 0.2) is 48.9 Å². The van der Waals surface area contributed by atoms with Crippen LogP contribution < -0.4 is 4.90 Å². The van der Waals surface area contributed by atoms with Crippen molar-refractivity contribution in [3.05, 3.63) is 54.7 Å². The number of aromatic nitrogens is 6. The van der Waals surface area contributed by atoms with Crippen molar-refractivity contribution in [2.45, 2.75) is 0 Å². The van der Waals surface area contributed by atoms with Gasteiger partial charge in [-0.15, -0.1) is 0 Å². The van der Waals surface area contributed by atoms with Crippen molar-refractivity contribution in [1.82, 2.24) is 35.0 Å². The first kappa shape index (κ1) is 18.9. The standard InChI is InChI=1S/C23H21FN8/c1-31-6-8-32(9-7-31)23-21-19(4-5-26-23)27-22(28-21)20-17-11-14(2-3-18(17)29-30-20)15-10-16(24)13-25-12-15/h2-5,10-13H,6-9H2,1H3,(H,27,28)(H,29,30). The summed E-state index contributed by atoms with van der Waals surface area (Å²) in [6.07, 6.45) is 4.67. The van der Waals surface area contributed by atoms with Crippen molar-refractivity contribution < 1.29 is 4.39 Å². The van der Waals surface area contributed by atoms with Gasteiger partial charge in [-0.2, -0.15) is 5.10 Å². The number of pyridine rings is 2. The Bertz CT molecular complexity index is 1430. The number of benzene rings is 1. The molecule has 4 aromatic heterocycles. The number of nitrogens with zero attached hydrogens (tertiary/aromatic N) is 6. The number of hydrogen-bond donors (Lipinski definition) is 2. The molecule has 5 heterocycles. The predicted molar refractivity (Wildman–Crippen MR) is 122 cm³/mol. The topological polar surface area (TPSA) is 89.6 Å². The van der Waals surface area contributed by atoms with Crippen molar-refractivity contribution in [3.8, 4) is 22.6 Å². The minimum absolute atomic E-state index is 0.365. The normalized spacial score (nSPS) is 15.1. The smallest absolute Gasteiger partial charge is 0.159 e. The van der Waals surface area contributed by atoms with Crippen LogP contribution in [-0.4, -0.2) is 68.3 Å². The molecule has 0 unspecified atom stereocenters. The molecule has 1 aliphatic rings. The van der Waals surface area contributed by atoms with Crippen LogP contribution in [0.1, 0.15) is 0 Å². The van der Waals surface area contributed by atoms with Crippen LogP contribution in [0, 0.1) is 5.82 Å². The molecule has 8 nitrogen and oxygen atoms in total. The molecule has 32 heavy (non-hydrogen) atoms. The summed E-state index contributed by atoms with van der Waals surface area (Å²) in [6, 6.07) is 9.26. The van der Waals surface area contributed by atoms with Gasteiger partial charge in [-0.25, -0.2) is 14.4 Å². The molecular weight excluding hydrogens is 407 g/mol. The molecule has 0 amide bonds. The highest BCUT2D eigenvalue weighted by Crippen LogP contribution is 2.32. The van der Waals surface area contributed by atoms with E-state index in [4.69, 9.17) is 4.98 Å². The van der Waals surface area contributed by atoms with Gasteiger partial charge >= 0.3 is 0 Å². The molecular formula is C23H21FN8. The second kappa shape index (κ2) is 7.38. The van der Waals surface area contributed by atoms with E-state index in [-0.39, 0.29) is 5.82 Å². The number of aromatic amines is 2. The Balaban J connectivity index is 1.44. The summed E-state index contributed by atoms with van der Waals surface area (Å²) >= 11 is 0. The molecule has 6 rings (SSSR count). The van der Waals surface area contributed by atoms with E-state index in [1.54, 1.807) is 6.20 Å². The Labute approximate surface area is 183 Å². The lowest BCUT2D eigenvalue weighted by Gasteiger charge is -2.33. The number of anilines is 1. The second-order valence-corrected chi connectivity index (χ2v) is 8.13. The summed E-state index contributed by atoms with van der Waals surface area (Å²) in [5, 5.41) is 8.49. The highest BCUT2D eigenvalue weighted by molar-refractivity contribution is 5.97. The van der Waals surface area contributed by atoms with Gasteiger partial charge in [-0.1, -0.05) is 6.07 Å². The predicted octanol–water partition coefficient (Wildman–Crippen LogP) is 3.45. The van der Waals surface area contributed by atoms with Gasteiger partial charge in [0.15, 0.2) is 11.6 Å². The molecule has 5 aromatic rings. The average molecular weight is 428 g/mol. The summed E-state index contributed by atoms with van der Waals surface area (Å²) in [7, 11) is 2.13. The minimum Gasteiger partial charge on any atom is -0.352 e. The zero-order valence-electron chi connectivity index (χ0n) is 17.5. The fraction of sp³-hybridized carbons (Fsp3) is 0.217. The number of likely N-dealkylation sites (N-methyl/N-ethyl adjacent to an activating group) is 1. The molecule has 0 atom stereocenters. The summed E-state index contributed by atoms with van der Waals surface area (Å²) in [6.45, 7) is 3.83. The highest BCUT2D eigenvalue weighted by Gasteiger charge is 2.21. The maximum absolute atomic E-state index is 13.7. The van der Waals surface area contributed by atoms with E-state index in [0.29, 0.717) is 17.1 Å². The van der Waals surface area contributed by atoms with Crippen molar-refractivity contribution in [2.24, 2.45) is 0 Å². The van der Waals surface area contributed by atoms with E-state index < -0.39 is 0 Å². The molecule has 0 spiro atoms. The third-order valence-electron chi connectivity index (χ3n) is 6.01. The monoisotopic (exact) mass is 428 g/mol. The summed E-state index contributed by atoms with van der Waals surface area (Å²) < 4.78 is 13.7. The van der Waals surface area contributed by atoms with E-state index in [1.807, 2.05) is 30.5 Å². The number of halogens is 1. The van der Waals surface area contributed by atoms with Gasteiger partial charge in [-0.3, -0.25) is 10.1 Å². The minimum atomic E-state index is -0.365. The fourth-order valence-corrected chi connectivity index (χ4v) is 4.23. The molecule has 1 aliphatic heterocycles. The van der Waals surface area contributed by atoms with Crippen molar-refractivity contribution in [2.75, 3.05) is 38.1 Å². The fourth-order valence-electron chi connectivity index (χ4n) is 4.23. The van der Waals surface area contributed by atoms with Gasteiger partial charge in [0.05, 0.1) is 17.2 Å². The number of piperazine rings is 1. The molecule has 0 radical (unpaired) electrons. The first-order chi connectivity index (χ1) is 15.7. The zero-order chi connectivity index (χ0) is 21.7. The largest absolute Gasteiger partial charge is 0.352 e. The summed E-state index contributed by atoms with van der Waals surface area (Å²) in [5.41, 5.74) is 4.94. The number of hydrogen-bond acceptors (Lipinski definition) is 6. The Hall–Kier alpha value is -3.85. The molecule has 1 saturated heterocycles. The molecule has 160 valence electrons. The van der Waals surface area contributed by atoms with E-state index in [0.717, 1.165) is 59.5 Å². The van der Waals surface area contributed by atoms with Crippen molar-refractivity contribution in [3.63, 3.8) is 0 Å². The van der Waals surface area contributed by atoms with E-state index in [2.05, 4.69) is 42.0 Å². The summed E-state index contributed by atoms with van der Waals surface area (Å²) in [4.78, 5) is 21.5. The van der Waals surface area contributed by atoms with Crippen molar-refractivity contribution >= 4 is 27.8 Å². The Morgan fingerprint density at radius 2 is 1.84 bits per heavy atom. The number of imidazole rings is 1. The third-order valence-corrected chi connectivity index (χ3v) is 6.01. The number of rotatable bonds is 3. The molecule has 0 aliphatic carbocycles. The van der Waals surface area contributed by atoms with Gasteiger partial charge < -0.3 is 14.8 Å². The van der Waals surface area contributed by atoms with E-state index >= 15 is 0 Å². The van der Waals surface area contributed by atoms with E-state index in [9.17, 15) is 4.39 Å². The average Bonchev–Trinajstić information content (AvgIpc) is 3.43. The van der Waals surface area contributed by atoms with Crippen LogP contribution >= 0.6 is 0 Å². The van der Waals surface area contributed by atoms with Gasteiger partial charge in [0.2, 0.25) is 0 Å². The Morgan fingerprint density at radius 1 is 0.969 bits per heavy atom. The van der Waals surface area contributed by atoms with Crippen LogP contribution in [0.3, 0.4) is 0 Å². The quantitative estimate of drug-likeness (QED) is 0.458.